The summed E-state index contributed by atoms with van der Waals surface area (Å²) >= 11 is 1.51. The number of benzene rings is 1. The molecule has 0 aliphatic heterocycles. The molecule has 0 atom stereocenters. The molecule has 1 aromatic heterocycles. The fourth-order valence-corrected chi connectivity index (χ4v) is 4.09. The first-order valence-electron chi connectivity index (χ1n) is 7.82. The second-order valence-corrected chi connectivity index (χ2v) is 6.84. The van der Waals surface area contributed by atoms with Crippen LogP contribution in [0, 0.1) is 11.3 Å². The molecule has 122 valence electrons. The third-order valence-corrected chi connectivity index (χ3v) is 5.18. The van der Waals surface area contributed by atoms with Gasteiger partial charge in [0.1, 0.15) is 11.1 Å². The molecular formula is C18H17N3O2S. The van der Waals surface area contributed by atoms with Crippen molar-refractivity contribution in [3.05, 3.63) is 45.8 Å². The summed E-state index contributed by atoms with van der Waals surface area (Å²) in [6, 6.07) is 8.91. The molecule has 0 unspecified atom stereocenters. The first-order valence-corrected chi connectivity index (χ1v) is 8.64. The van der Waals surface area contributed by atoms with Gasteiger partial charge in [0.2, 0.25) is 5.91 Å². The van der Waals surface area contributed by atoms with E-state index in [1.54, 1.807) is 24.3 Å². The van der Waals surface area contributed by atoms with Crippen LogP contribution in [0.4, 0.5) is 10.7 Å². The van der Waals surface area contributed by atoms with Gasteiger partial charge in [-0.3, -0.25) is 9.59 Å². The van der Waals surface area contributed by atoms with E-state index >= 15 is 0 Å². The van der Waals surface area contributed by atoms with E-state index in [4.69, 9.17) is 0 Å². The van der Waals surface area contributed by atoms with E-state index in [1.165, 1.54) is 23.1 Å². The van der Waals surface area contributed by atoms with Crippen LogP contribution in [0.1, 0.15) is 46.1 Å². The highest BCUT2D eigenvalue weighted by molar-refractivity contribution is 7.16. The van der Waals surface area contributed by atoms with Crippen molar-refractivity contribution >= 4 is 33.8 Å². The molecule has 0 radical (unpaired) electrons. The minimum Gasteiger partial charge on any atom is -0.326 e. The van der Waals surface area contributed by atoms with E-state index in [-0.39, 0.29) is 11.8 Å². The van der Waals surface area contributed by atoms with Crippen LogP contribution in [0.25, 0.3) is 0 Å². The lowest BCUT2D eigenvalue weighted by atomic mass is 9.96. The molecule has 1 aromatic carbocycles. The predicted octanol–water partition coefficient (Wildman–Crippen LogP) is 3.71. The van der Waals surface area contributed by atoms with Gasteiger partial charge in [-0.25, -0.2) is 0 Å². The Bertz CT molecular complexity index is 831. The number of hydrogen-bond donors (Lipinski definition) is 2. The Labute approximate surface area is 144 Å². The zero-order chi connectivity index (χ0) is 17.1. The molecule has 0 spiro atoms. The number of carbonyl (C=O) groups is 2. The number of nitrogens with one attached hydrogen (secondary N) is 2. The molecule has 0 fully saturated rings. The highest BCUT2D eigenvalue weighted by Gasteiger charge is 2.22. The third-order valence-electron chi connectivity index (χ3n) is 3.98. The van der Waals surface area contributed by atoms with E-state index < -0.39 is 0 Å². The number of amides is 2. The van der Waals surface area contributed by atoms with Crippen molar-refractivity contribution in [2.75, 3.05) is 10.6 Å². The molecule has 0 bridgehead atoms. The number of fused-ring (bicyclic) bond motifs is 1. The lowest BCUT2D eigenvalue weighted by molar-refractivity contribution is -0.114. The summed E-state index contributed by atoms with van der Waals surface area (Å²) in [7, 11) is 0. The maximum absolute atomic E-state index is 12.4. The van der Waals surface area contributed by atoms with Crippen molar-refractivity contribution < 1.29 is 9.59 Å². The number of carbonyl (C=O) groups excluding carboxylic acids is 2. The molecule has 1 aliphatic rings. The summed E-state index contributed by atoms with van der Waals surface area (Å²) in [5.41, 5.74) is 2.84. The van der Waals surface area contributed by atoms with Crippen LogP contribution in [-0.2, 0) is 17.6 Å². The van der Waals surface area contributed by atoms with Gasteiger partial charge in [0.05, 0.1) is 5.56 Å². The second-order valence-electron chi connectivity index (χ2n) is 5.74. The molecule has 3 rings (SSSR count). The smallest absolute Gasteiger partial charge is 0.256 e. The fraction of sp³-hybridized carbons (Fsp3) is 0.278. The van der Waals surface area contributed by atoms with Crippen molar-refractivity contribution in [3.8, 4) is 6.07 Å². The van der Waals surface area contributed by atoms with Crippen LogP contribution in [-0.4, -0.2) is 11.8 Å². The highest BCUT2D eigenvalue weighted by Crippen LogP contribution is 2.37. The molecule has 24 heavy (non-hydrogen) atoms. The highest BCUT2D eigenvalue weighted by atomic mass is 32.1. The van der Waals surface area contributed by atoms with Gasteiger partial charge < -0.3 is 10.6 Å². The number of rotatable bonds is 3. The van der Waals surface area contributed by atoms with E-state index in [1.807, 2.05) is 0 Å². The number of aryl methyl sites for hydroxylation is 1. The Morgan fingerprint density at radius 3 is 2.50 bits per heavy atom. The molecule has 5 nitrogen and oxygen atoms in total. The second kappa shape index (κ2) is 6.85. The molecule has 0 saturated heterocycles. The Morgan fingerprint density at radius 1 is 1.12 bits per heavy atom. The zero-order valence-corrected chi connectivity index (χ0v) is 14.1. The summed E-state index contributed by atoms with van der Waals surface area (Å²) in [6.07, 6.45) is 4.12. The average Bonchev–Trinajstić information content (AvgIpc) is 2.91. The minimum atomic E-state index is -0.250. The molecule has 2 amide bonds. The van der Waals surface area contributed by atoms with Gasteiger partial charge in [-0.2, -0.15) is 5.26 Å². The number of nitriles is 1. The molecule has 6 heteroatoms. The van der Waals surface area contributed by atoms with Crippen LogP contribution in [0.15, 0.2) is 24.3 Å². The molecule has 1 aliphatic carbocycles. The molecular weight excluding hydrogens is 322 g/mol. The summed E-state index contributed by atoms with van der Waals surface area (Å²) in [5.74, 6) is -0.408. The molecule has 0 saturated carbocycles. The van der Waals surface area contributed by atoms with Crippen molar-refractivity contribution in [1.29, 1.82) is 5.26 Å². The van der Waals surface area contributed by atoms with Crippen LogP contribution >= 0.6 is 11.3 Å². The maximum atomic E-state index is 12.4. The SMILES string of the molecule is CC(=O)Nc1ccc(C(=O)Nc2sc3c(c2C#N)CCCC3)cc1. The van der Waals surface area contributed by atoms with E-state index in [0.717, 1.165) is 31.2 Å². The number of nitrogens with zero attached hydrogens (tertiary/aromatic N) is 1. The standard InChI is InChI=1S/C18H17N3O2S/c1-11(22)20-13-8-6-12(7-9-13)17(23)21-18-15(10-19)14-4-2-3-5-16(14)24-18/h6-9H,2-5H2,1H3,(H,20,22)(H,21,23). The molecule has 2 N–H and O–H groups in total. The molecule has 1 heterocycles. The first kappa shape index (κ1) is 16.2. The normalized spacial score (nSPS) is 12.8. The van der Waals surface area contributed by atoms with Crippen molar-refractivity contribution in [2.45, 2.75) is 32.6 Å². The van der Waals surface area contributed by atoms with Crippen molar-refractivity contribution in [1.82, 2.24) is 0 Å². The zero-order valence-electron chi connectivity index (χ0n) is 13.3. The topological polar surface area (TPSA) is 82.0 Å². The quantitative estimate of drug-likeness (QED) is 0.894. The minimum absolute atomic E-state index is 0.157. The van der Waals surface area contributed by atoms with Gasteiger partial charge in [-0.05, 0) is 55.5 Å². The Hall–Kier alpha value is -2.65. The van der Waals surface area contributed by atoms with Crippen LogP contribution in [0.2, 0.25) is 0 Å². The lowest BCUT2D eigenvalue weighted by Crippen LogP contribution is -2.12. The van der Waals surface area contributed by atoms with E-state index in [9.17, 15) is 14.9 Å². The van der Waals surface area contributed by atoms with E-state index in [0.29, 0.717) is 21.8 Å². The monoisotopic (exact) mass is 339 g/mol. The number of hydrogen-bond acceptors (Lipinski definition) is 4. The van der Waals surface area contributed by atoms with E-state index in [2.05, 4.69) is 16.7 Å². The Balaban J connectivity index is 1.79. The summed E-state index contributed by atoms with van der Waals surface area (Å²) in [5, 5.41) is 15.6. The lowest BCUT2D eigenvalue weighted by Gasteiger charge is -2.09. The predicted molar refractivity (Wildman–Crippen MR) is 94.4 cm³/mol. The third kappa shape index (κ3) is 3.31. The maximum Gasteiger partial charge on any atom is 0.256 e. The van der Waals surface area contributed by atoms with Crippen LogP contribution in [0.5, 0.6) is 0 Å². The van der Waals surface area contributed by atoms with Gasteiger partial charge in [0.25, 0.3) is 5.91 Å². The largest absolute Gasteiger partial charge is 0.326 e. The first-order chi connectivity index (χ1) is 11.6. The van der Waals surface area contributed by atoms with Gasteiger partial charge >= 0.3 is 0 Å². The van der Waals surface area contributed by atoms with Gasteiger partial charge in [0, 0.05) is 23.1 Å². The summed E-state index contributed by atoms with van der Waals surface area (Å²) < 4.78 is 0. The van der Waals surface area contributed by atoms with Gasteiger partial charge in [-0.15, -0.1) is 11.3 Å². The summed E-state index contributed by atoms with van der Waals surface area (Å²) in [4.78, 5) is 24.7. The van der Waals surface area contributed by atoms with Crippen LogP contribution in [0.3, 0.4) is 0 Å². The molecule has 2 aromatic rings. The Morgan fingerprint density at radius 2 is 1.83 bits per heavy atom. The van der Waals surface area contributed by atoms with Crippen molar-refractivity contribution in [2.24, 2.45) is 0 Å². The van der Waals surface area contributed by atoms with Gasteiger partial charge in [-0.1, -0.05) is 0 Å². The fourth-order valence-electron chi connectivity index (χ4n) is 2.86. The van der Waals surface area contributed by atoms with Crippen LogP contribution < -0.4 is 10.6 Å². The van der Waals surface area contributed by atoms with Crippen molar-refractivity contribution in [3.63, 3.8) is 0 Å². The summed E-state index contributed by atoms with van der Waals surface area (Å²) in [6.45, 7) is 1.43. The number of anilines is 2. The Kier molecular flexibility index (Phi) is 4.63. The average molecular weight is 339 g/mol. The number of thiophene rings is 1. The van der Waals surface area contributed by atoms with Gasteiger partial charge in [0.15, 0.2) is 0 Å².